The van der Waals surface area contributed by atoms with Crippen LogP contribution in [0.25, 0.3) is 0 Å². The molecule has 6 nitrogen and oxygen atoms in total. The summed E-state index contributed by atoms with van der Waals surface area (Å²) >= 11 is 7.31. The fourth-order valence-corrected chi connectivity index (χ4v) is 7.22. The highest BCUT2D eigenvalue weighted by Crippen LogP contribution is 2.55. The van der Waals surface area contributed by atoms with Crippen LogP contribution in [0.1, 0.15) is 113 Å². The van der Waals surface area contributed by atoms with Gasteiger partial charge in [-0.05, 0) is 104 Å². The molecule has 0 bridgehead atoms. The number of aryl methyl sites for hydroxylation is 2. The molecule has 1 heterocycles. The van der Waals surface area contributed by atoms with Crippen molar-refractivity contribution in [3.63, 3.8) is 0 Å². The molecule has 0 amide bonds. The van der Waals surface area contributed by atoms with Gasteiger partial charge in [-0.2, -0.15) is 0 Å². The van der Waals surface area contributed by atoms with Crippen LogP contribution in [0.2, 0.25) is 0 Å². The number of fused-ring (bicyclic) bond motifs is 1. The van der Waals surface area contributed by atoms with E-state index < -0.39 is 17.5 Å². The van der Waals surface area contributed by atoms with Gasteiger partial charge in [-0.1, -0.05) is 59.4 Å². The largest absolute Gasteiger partial charge is 0.507 e. The molecule has 0 spiro atoms. The van der Waals surface area contributed by atoms with Gasteiger partial charge >= 0.3 is 11.9 Å². The van der Waals surface area contributed by atoms with Crippen molar-refractivity contribution in [3.05, 3.63) is 89.3 Å². The third-order valence-electron chi connectivity index (χ3n) is 7.70. The Hall–Kier alpha value is -2.84. The average Bonchev–Trinajstić information content (AvgIpc) is 3.22. The molecular formula is C33H36Br2O6. The van der Waals surface area contributed by atoms with Crippen LogP contribution in [0.5, 0.6) is 11.5 Å². The molecule has 3 N–H and O–H groups in total. The lowest BCUT2D eigenvalue weighted by atomic mass is 9.70. The SMILES string of the molecule is CCCc1cc(O)c(Br)c(CCC)c1C1(c2c(CCC)cc(O)c(Br)c2CCC)OC(=O)c2cc(C(=O)O)ccc21. The summed E-state index contributed by atoms with van der Waals surface area (Å²) < 4.78 is 7.72. The van der Waals surface area contributed by atoms with Gasteiger partial charge in [0, 0.05) is 16.7 Å². The first-order valence-electron chi connectivity index (χ1n) is 14.3. The van der Waals surface area contributed by atoms with Crippen LogP contribution in [0.3, 0.4) is 0 Å². The van der Waals surface area contributed by atoms with Gasteiger partial charge in [0.05, 0.1) is 20.1 Å². The van der Waals surface area contributed by atoms with Crippen molar-refractivity contribution in [1.29, 1.82) is 0 Å². The second kappa shape index (κ2) is 12.6. The number of esters is 1. The van der Waals surface area contributed by atoms with E-state index in [1.54, 1.807) is 18.2 Å². The smallest absolute Gasteiger partial charge is 0.340 e. The summed E-state index contributed by atoms with van der Waals surface area (Å²) in [7, 11) is 0. The maximum absolute atomic E-state index is 13.8. The topological polar surface area (TPSA) is 104 Å². The van der Waals surface area contributed by atoms with Crippen molar-refractivity contribution in [1.82, 2.24) is 0 Å². The third kappa shape index (κ3) is 5.29. The van der Waals surface area contributed by atoms with Gasteiger partial charge in [0.25, 0.3) is 0 Å². The number of rotatable bonds is 11. The number of phenols is 2. The quantitative estimate of drug-likeness (QED) is 0.175. The minimum Gasteiger partial charge on any atom is -0.507 e. The van der Waals surface area contributed by atoms with E-state index in [0.29, 0.717) is 40.2 Å². The van der Waals surface area contributed by atoms with E-state index in [-0.39, 0.29) is 22.6 Å². The monoisotopic (exact) mass is 686 g/mol. The zero-order chi connectivity index (χ0) is 30.1. The summed E-state index contributed by atoms with van der Waals surface area (Å²) in [6.07, 6.45) is 5.59. The van der Waals surface area contributed by atoms with Crippen molar-refractivity contribution in [2.24, 2.45) is 0 Å². The standard InChI is InChI=1S/C33H36Br2O6/c1-5-9-18-16-25(36)29(34)21(11-7-3)27(18)33(24-14-13-20(31(38)39)15-23(24)32(40)41-33)28-19(10-6-2)17-26(37)30(35)22(28)12-8-4/h13-17,36-37H,5-12H2,1-4H3,(H,38,39). The van der Waals surface area contributed by atoms with Crippen LogP contribution >= 0.6 is 31.9 Å². The molecule has 0 fully saturated rings. The van der Waals surface area contributed by atoms with Crippen molar-refractivity contribution >= 4 is 43.8 Å². The summed E-state index contributed by atoms with van der Waals surface area (Å²) in [5, 5.41) is 31.7. The van der Waals surface area contributed by atoms with Gasteiger partial charge in [-0.3, -0.25) is 0 Å². The Morgan fingerprint density at radius 1 is 0.780 bits per heavy atom. The van der Waals surface area contributed by atoms with Crippen LogP contribution in [-0.4, -0.2) is 27.3 Å². The minimum absolute atomic E-state index is 0.000370. The molecule has 8 heteroatoms. The molecule has 41 heavy (non-hydrogen) atoms. The zero-order valence-corrected chi connectivity index (χ0v) is 27.0. The molecule has 0 saturated heterocycles. The molecule has 3 aromatic carbocycles. The number of halogens is 2. The Bertz CT molecular complexity index is 1440. The van der Waals surface area contributed by atoms with E-state index in [0.717, 1.165) is 59.1 Å². The number of aromatic carboxylic acids is 1. The normalized spacial score (nSPS) is 13.8. The minimum atomic E-state index is -1.43. The maximum Gasteiger partial charge on any atom is 0.340 e. The molecule has 0 aromatic heterocycles. The average molecular weight is 688 g/mol. The molecule has 218 valence electrons. The maximum atomic E-state index is 13.8. The number of hydrogen-bond acceptors (Lipinski definition) is 5. The number of carbonyl (C=O) groups is 2. The second-order valence-electron chi connectivity index (χ2n) is 10.6. The molecule has 1 aliphatic rings. The number of carboxylic acid groups (broad SMARTS) is 1. The van der Waals surface area contributed by atoms with Crippen molar-refractivity contribution in [2.45, 2.75) is 84.7 Å². The summed E-state index contributed by atoms with van der Waals surface area (Å²) in [6, 6.07) is 8.10. The number of carbonyl (C=O) groups excluding carboxylic acids is 1. The van der Waals surface area contributed by atoms with Crippen LogP contribution < -0.4 is 0 Å². The lowest BCUT2D eigenvalue weighted by Crippen LogP contribution is -2.35. The number of phenolic OH excluding ortho intramolecular Hbond substituents is 2. The van der Waals surface area contributed by atoms with Crippen LogP contribution in [0, 0.1) is 0 Å². The summed E-state index contributed by atoms with van der Waals surface area (Å²) in [5.41, 5.74) is 4.30. The number of aromatic hydroxyl groups is 2. The number of hydrogen-bond donors (Lipinski definition) is 3. The Balaban J connectivity index is 2.32. The number of ether oxygens (including phenoxy) is 1. The van der Waals surface area contributed by atoms with Gasteiger partial charge < -0.3 is 20.1 Å². The highest BCUT2D eigenvalue weighted by atomic mass is 79.9. The van der Waals surface area contributed by atoms with Crippen LogP contribution in [-0.2, 0) is 36.0 Å². The number of cyclic esters (lactones) is 1. The Kier molecular flexibility index (Phi) is 9.54. The molecule has 0 unspecified atom stereocenters. The molecular weight excluding hydrogens is 652 g/mol. The molecule has 0 radical (unpaired) electrons. The van der Waals surface area contributed by atoms with Gasteiger partial charge in [0.2, 0.25) is 0 Å². The van der Waals surface area contributed by atoms with Gasteiger partial charge in [0.1, 0.15) is 11.5 Å². The zero-order valence-electron chi connectivity index (χ0n) is 23.9. The lowest BCUT2D eigenvalue weighted by molar-refractivity contribution is 0.0241. The van der Waals surface area contributed by atoms with Crippen molar-refractivity contribution in [2.75, 3.05) is 0 Å². The predicted molar refractivity (Wildman–Crippen MR) is 166 cm³/mol. The predicted octanol–water partition coefficient (Wildman–Crippen LogP) is 8.59. The van der Waals surface area contributed by atoms with Crippen molar-refractivity contribution in [3.8, 4) is 11.5 Å². The van der Waals surface area contributed by atoms with Crippen LogP contribution in [0.4, 0.5) is 0 Å². The Morgan fingerprint density at radius 2 is 1.24 bits per heavy atom. The molecule has 1 aliphatic heterocycles. The Labute approximate surface area is 258 Å². The highest BCUT2D eigenvalue weighted by Gasteiger charge is 2.53. The third-order valence-corrected chi connectivity index (χ3v) is 9.47. The fourth-order valence-electron chi connectivity index (χ4n) is 6.20. The molecule has 3 aromatic rings. The molecule has 0 saturated carbocycles. The van der Waals surface area contributed by atoms with E-state index in [9.17, 15) is 24.9 Å². The first-order valence-corrected chi connectivity index (χ1v) is 15.8. The van der Waals surface area contributed by atoms with E-state index in [2.05, 4.69) is 59.6 Å². The molecule has 0 atom stereocenters. The van der Waals surface area contributed by atoms with E-state index >= 15 is 0 Å². The number of carboxylic acids is 1. The van der Waals surface area contributed by atoms with Gasteiger partial charge in [-0.25, -0.2) is 9.59 Å². The van der Waals surface area contributed by atoms with Crippen LogP contribution in [0.15, 0.2) is 39.3 Å². The first kappa shape index (κ1) is 31.1. The van der Waals surface area contributed by atoms with E-state index in [1.165, 1.54) is 12.1 Å². The van der Waals surface area contributed by atoms with Gasteiger partial charge in [-0.15, -0.1) is 0 Å². The number of benzene rings is 3. The van der Waals surface area contributed by atoms with E-state index in [4.69, 9.17) is 4.74 Å². The summed E-state index contributed by atoms with van der Waals surface area (Å²) in [6.45, 7) is 8.24. The highest BCUT2D eigenvalue weighted by molar-refractivity contribution is 9.11. The molecule has 4 rings (SSSR count). The summed E-state index contributed by atoms with van der Waals surface area (Å²) in [4.78, 5) is 25.8. The second-order valence-corrected chi connectivity index (χ2v) is 12.2. The van der Waals surface area contributed by atoms with Gasteiger partial charge in [0.15, 0.2) is 5.60 Å². The Morgan fingerprint density at radius 3 is 1.66 bits per heavy atom. The molecule has 0 aliphatic carbocycles. The fraction of sp³-hybridized carbons (Fsp3) is 0.394. The van der Waals surface area contributed by atoms with Crippen molar-refractivity contribution < 1.29 is 29.6 Å². The first-order chi connectivity index (χ1) is 19.6. The summed E-state index contributed by atoms with van der Waals surface area (Å²) in [5.74, 6) is -1.49. The lowest BCUT2D eigenvalue weighted by Gasteiger charge is -2.38. The van der Waals surface area contributed by atoms with E-state index in [1.807, 2.05) is 0 Å².